The summed E-state index contributed by atoms with van der Waals surface area (Å²) in [5.74, 6) is -0.339. The van der Waals surface area contributed by atoms with Crippen LogP contribution in [0.4, 0.5) is 22.0 Å². The lowest BCUT2D eigenvalue weighted by molar-refractivity contribution is -0.239. The van der Waals surface area contributed by atoms with Gasteiger partial charge in [0.25, 0.3) is 6.10 Å². The van der Waals surface area contributed by atoms with Crippen molar-refractivity contribution >= 4 is 55.3 Å². The monoisotopic (exact) mass is 602 g/mol. The fourth-order valence-electron chi connectivity index (χ4n) is 1.48. The number of hydrogen-bond donors (Lipinski definition) is 1. The van der Waals surface area contributed by atoms with Crippen molar-refractivity contribution < 1.29 is 44.4 Å². The molecule has 0 aliphatic heterocycles. The van der Waals surface area contributed by atoms with Crippen LogP contribution in [0, 0.1) is 7.14 Å². The molecule has 0 aliphatic carbocycles. The number of benzene rings is 1. The summed E-state index contributed by atoms with van der Waals surface area (Å²) in [6.07, 6.45) is -9.83. The zero-order valence-electron chi connectivity index (χ0n) is 11.6. The highest BCUT2D eigenvalue weighted by atomic mass is 127. The minimum atomic E-state index is -6.35. The molecule has 0 saturated heterocycles. The van der Waals surface area contributed by atoms with Crippen molar-refractivity contribution in [2.45, 2.75) is 24.5 Å². The molecular weight excluding hydrogens is 593 g/mol. The van der Waals surface area contributed by atoms with Crippen molar-refractivity contribution in [2.24, 2.45) is 0 Å². The topological polar surface area (TPSA) is 72.8 Å². The van der Waals surface area contributed by atoms with Gasteiger partial charge in [0.2, 0.25) is 0 Å². The molecule has 0 spiro atoms. The van der Waals surface area contributed by atoms with E-state index in [1.54, 1.807) is 52.1 Å². The van der Waals surface area contributed by atoms with Gasteiger partial charge < -0.3 is 9.47 Å². The molecule has 24 heavy (non-hydrogen) atoms. The maximum atomic E-state index is 13.5. The van der Waals surface area contributed by atoms with Crippen LogP contribution in [-0.4, -0.2) is 37.1 Å². The number of halogens is 7. The van der Waals surface area contributed by atoms with Gasteiger partial charge in [0.1, 0.15) is 11.5 Å². The normalized spacial score (nSPS) is 14.4. The minimum absolute atomic E-state index is 0.262. The highest BCUT2D eigenvalue weighted by Gasteiger charge is 2.65. The number of ether oxygens (including phenoxy) is 2. The first-order valence-corrected chi connectivity index (χ1v) is 9.51. The van der Waals surface area contributed by atoms with E-state index in [9.17, 15) is 30.4 Å². The second-order valence-electron chi connectivity index (χ2n) is 4.23. The zero-order chi connectivity index (χ0) is 18.9. The van der Waals surface area contributed by atoms with E-state index in [1.165, 1.54) is 0 Å². The van der Waals surface area contributed by atoms with Gasteiger partial charge in [0, 0.05) is 0 Å². The largest absolute Gasteiger partial charge is 0.492 e. The Morgan fingerprint density at radius 2 is 1.62 bits per heavy atom. The Morgan fingerprint density at radius 1 is 1.17 bits per heavy atom. The molecule has 0 radical (unpaired) electrons. The van der Waals surface area contributed by atoms with E-state index < -0.39 is 33.4 Å². The van der Waals surface area contributed by atoms with Crippen LogP contribution in [0.3, 0.4) is 0 Å². The van der Waals surface area contributed by atoms with Crippen LogP contribution in [0.15, 0.2) is 12.1 Å². The number of alkyl halides is 5. The lowest BCUT2D eigenvalue weighted by atomic mass is 10.3. The fraction of sp³-hybridized carbons (Fsp3) is 0.455. The highest BCUT2D eigenvalue weighted by molar-refractivity contribution is 14.1. The Bertz CT molecular complexity index is 684. The number of rotatable bonds is 6. The molecule has 0 aliphatic rings. The van der Waals surface area contributed by atoms with Gasteiger partial charge in [-0.15, -0.1) is 0 Å². The van der Waals surface area contributed by atoms with Crippen LogP contribution in [0.2, 0.25) is 0 Å². The van der Waals surface area contributed by atoms with Gasteiger partial charge in [-0.2, -0.15) is 30.4 Å². The maximum Gasteiger partial charge on any atom is 0.432 e. The third-order valence-electron chi connectivity index (χ3n) is 2.46. The summed E-state index contributed by atoms with van der Waals surface area (Å²) in [5.41, 5.74) is 0. The SMILES string of the molecule is CCOc1c(I)cc(OC(C(F)(F)F)C(F)(F)S(=O)(=O)O)cc1I. The van der Waals surface area contributed by atoms with Crippen LogP contribution >= 0.6 is 45.2 Å². The molecule has 1 aromatic carbocycles. The molecule has 0 heterocycles. The average molecular weight is 602 g/mol. The van der Waals surface area contributed by atoms with E-state index in [2.05, 4.69) is 4.74 Å². The molecule has 0 bridgehead atoms. The summed E-state index contributed by atoms with van der Waals surface area (Å²) in [6, 6.07) is 1.96. The lowest BCUT2D eigenvalue weighted by Crippen LogP contribution is -2.53. The van der Waals surface area contributed by atoms with Crippen LogP contribution in [-0.2, 0) is 10.1 Å². The quantitative estimate of drug-likeness (QED) is 0.302. The molecular formula is C11H9F5I2O5S. The summed E-state index contributed by atoms with van der Waals surface area (Å²) in [5, 5.41) is -5.58. The predicted molar refractivity (Wildman–Crippen MR) is 90.0 cm³/mol. The zero-order valence-corrected chi connectivity index (χ0v) is 16.7. The molecule has 0 amide bonds. The van der Waals surface area contributed by atoms with E-state index in [-0.39, 0.29) is 13.7 Å². The van der Waals surface area contributed by atoms with Gasteiger partial charge in [0.15, 0.2) is 0 Å². The molecule has 5 nitrogen and oxygen atoms in total. The van der Waals surface area contributed by atoms with Crippen LogP contribution in [0.5, 0.6) is 11.5 Å². The first-order chi connectivity index (χ1) is 10.7. The molecule has 1 N–H and O–H groups in total. The van der Waals surface area contributed by atoms with Crippen molar-refractivity contribution in [1.29, 1.82) is 0 Å². The molecule has 1 atom stereocenters. The Balaban J connectivity index is 3.32. The second kappa shape index (κ2) is 7.61. The predicted octanol–water partition coefficient (Wildman–Crippen LogP) is 4.08. The van der Waals surface area contributed by atoms with Crippen molar-refractivity contribution in [3.8, 4) is 11.5 Å². The van der Waals surface area contributed by atoms with E-state index in [4.69, 9.17) is 9.29 Å². The van der Waals surface area contributed by atoms with E-state index in [0.717, 1.165) is 12.1 Å². The van der Waals surface area contributed by atoms with Crippen LogP contribution in [0.1, 0.15) is 6.92 Å². The second-order valence-corrected chi connectivity index (χ2v) is 8.04. The number of hydrogen-bond acceptors (Lipinski definition) is 4. The molecule has 1 rings (SSSR count). The standard InChI is InChI=1S/C11H9F5I2O5S/c1-2-22-8-6(17)3-5(4-7(8)18)23-9(10(12,13)14)11(15,16)24(19,20)21/h3-4,9H,2H2,1H3,(H,19,20,21). The van der Waals surface area contributed by atoms with E-state index >= 15 is 0 Å². The molecule has 0 saturated carbocycles. The Morgan fingerprint density at radius 3 is 1.96 bits per heavy atom. The van der Waals surface area contributed by atoms with Crippen LogP contribution < -0.4 is 9.47 Å². The van der Waals surface area contributed by atoms with Crippen molar-refractivity contribution in [3.63, 3.8) is 0 Å². The Hall–Kier alpha value is -0.160. The first kappa shape index (κ1) is 21.9. The molecule has 0 fully saturated rings. The van der Waals surface area contributed by atoms with Gasteiger partial charge in [0.05, 0.1) is 13.7 Å². The van der Waals surface area contributed by atoms with Crippen molar-refractivity contribution in [3.05, 3.63) is 19.3 Å². The first-order valence-electron chi connectivity index (χ1n) is 5.91. The van der Waals surface area contributed by atoms with Gasteiger partial charge in [-0.05, 0) is 64.2 Å². The smallest absolute Gasteiger partial charge is 0.432 e. The fourth-order valence-corrected chi connectivity index (χ4v) is 3.96. The molecule has 138 valence electrons. The summed E-state index contributed by atoms with van der Waals surface area (Å²) in [4.78, 5) is 0. The maximum absolute atomic E-state index is 13.5. The lowest BCUT2D eigenvalue weighted by Gasteiger charge is -2.27. The van der Waals surface area contributed by atoms with E-state index in [1.807, 2.05) is 0 Å². The molecule has 1 unspecified atom stereocenters. The van der Waals surface area contributed by atoms with Crippen LogP contribution in [0.25, 0.3) is 0 Å². The summed E-state index contributed by atoms with van der Waals surface area (Å²) in [6.45, 7) is 1.93. The van der Waals surface area contributed by atoms with Gasteiger partial charge in [-0.25, -0.2) is 0 Å². The minimum Gasteiger partial charge on any atom is -0.492 e. The average Bonchev–Trinajstić information content (AvgIpc) is 2.37. The Labute approximate surface area is 160 Å². The molecule has 0 aromatic heterocycles. The molecule has 13 heteroatoms. The van der Waals surface area contributed by atoms with Gasteiger partial charge in [-0.1, -0.05) is 0 Å². The third-order valence-corrected chi connectivity index (χ3v) is 4.97. The summed E-state index contributed by atoms with van der Waals surface area (Å²) in [7, 11) is -6.35. The molecule has 1 aromatic rings. The van der Waals surface area contributed by atoms with Gasteiger partial charge >= 0.3 is 21.5 Å². The summed E-state index contributed by atoms with van der Waals surface area (Å²) < 4.78 is 105. The summed E-state index contributed by atoms with van der Waals surface area (Å²) >= 11 is 3.39. The van der Waals surface area contributed by atoms with E-state index in [0.29, 0.717) is 5.75 Å². The highest BCUT2D eigenvalue weighted by Crippen LogP contribution is 2.40. The van der Waals surface area contributed by atoms with Crippen molar-refractivity contribution in [2.75, 3.05) is 6.61 Å². The van der Waals surface area contributed by atoms with Crippen molar-refractivity contribution in [1.82, 2.24) is 0 Å². The van der Waals surface area contributed by atoms with Gasteiger partial charge in [-0.3, -0.25) is 4.55 Å². The Kier molecular flexibility index (Phi) is 6.94. The third kappa shape index (κ3) is 4.94.